The summed E-state index contributed by atoms with van der Waals surface area (Å²) in [5.74, 6) is 0.845. The van der Waals surface area contributed by atoms with Gasteiger partial charge >= 0.3 is 0 Å². The molecule has 0 aromatic carbocycles. The molecule has 1 amide bonds. The predicted molar refractivity (Wildman–Crippen MR) is 80.5 cm³/mol. The molecule has 114 valence electrons. The highest BCUT2D eigenvalue weighted by Gasteiger charge is 2.48. The number of likely N-dealkylation sites (tertiary alicyclic amines) is 1. The molecule has 0 unspecified atom stereocenters. The van der Waals surface area contributed by atoms with Crippen molar-refractivity contribution in [1.29, 1.82) is 0 Å². The lowest BCUT2D eigenvalue weighted by Crippen LogP contribution is -2.46. The molecule has 1 aliphatic heterocycles. The standard InChI is InChI=1S/C16H24N4O/c1-15(2)6-10-20(11-7-15)12-13(21)19-16(4-5-16)14-17-8-3-9-18-14/h3,8-9H,4-7,10-12H2,1-2H3,(H,19,21). The van der Waals surface area contributed by atoms with Crippen molar-refractivity contribution in [3.8, 4) is 0 Å². The zero-order valence-corrected chi connectivity index (χ0v) is 12.9. The largest absolute Gasteiger partial charge is 0.342 e. The van der Waals surface area contributed by atoms with E-state index in [1.807, 2.05) is 0 Å². The lowest BCUT2D eigenvalue weighted by molar-refractivity contribution is -0.123. The third-order valence-electron chi connectivity index (χ3n) is 4.70. The minimum atomic E-state index is -0.298. The molecule has 1 N–H and O–H groups in total. The molecule has 2 aliphatic rings. The van der Waals surface area contributed by atoms with Gasteiger partial charge in [0, 0.05) is 12.4 Å². The Kier molecular flexibility index (Phi) is 3.69. The van der Waals surface area contributed by atoms with E-state index in [1.54, 1.807) is 18.5 Å². The SMILES string of the molecule is CC1(C)CCN(CC(=O)NC2(c3ncccn3)CC2)CC1. The monoisotopic (exact) mass is 288 g/mol. The van der Waals surface area contributed by atoms with Crippen LogP contribution in [0, 0.1) is 5.41 Å². The molecule has 1 saturated heterocycles. The van der Waals surface area contributed by atoms with Gasteiger partial charge in [-0.2, -0.15) is 0 Å². The van der Waals surface area contributed by atoms with Gasteiger partial charge in [0.1, 0.15) is 0 Å². The highest BCUT2D eigenvalue weighted by molar-refractivity contribution is 5.79. The number of piperidine rings is 1. The highest BCUT2D eigenvalue weighted by atomic mass is 16.2. The normalized spacial score (nSPS) is 23.5. The lowest BCUT2D eigenvalue weighted by atomic mass is 9.83. The molecule has 0 atom stereocenters. The number of carbonyl (C=O) groups is 1. The maximum absolute atomic E-state index is 12.3. The van der Waals surface area contributed by atoms with Gasteiger partial charge in [-0.3, -0.25) is 9.69 Å². The number of amides is 1. The number of aromatic nitrogens is 2. The van der Waals surface area contributed by atoms with Crippen LogP contribution in [0.1, 0.15) is 45.4 Å². The summed E-state index contributed by atoms with van der Waals surface area (Å²) in [5.41, 5.74) is 0.121. The lowest BCUT2D eigenvalue weighted by Gasteiger charge is -2.36. The summed E-state index contributed by atoms with van der Waals surface area (Å²) < 4.78 is 0. The average molecular weight is 288 g/mol. The maximum Gasteiger partial charge on any atom is 0.234 e. The molecular weight excluding hydrogens is 264 g/mol. The minimum Gasteiger partial charge on any atom is -0.342 e. The zero-order valence-electron chi connectivity index (χ0n) is 12.9. The Morgan fingerprint density at radius 2 is 1.81 bits per heavy atom. The van der Waals surface area contributed by atoms with Crippen LogP contribution in [0.25, 0.3) is 0 Å². The quantitative estimate of drug-likeness (QED) is 0.916. The molecule has 0 bridgehead atoms. The number of carbonyl (C=O) groups excluding carboxylic acids is 1. The molecule has 5 heteroatoms. The molecule has 0 spiro atoms. The Morgan fingerprint density at radius 3 is 2.38 bits per heavy atom. The van der Waals surface area contributed by atoms with Crippen molar-refractivity contribution in [2.24, 2.45) is 5.41 Å². The second kappa shape index (κ2) is 5.37. The van der Waals surface area contributed by atoms with E-state index in [4.69, 9.17) is 0 Å². The molecule has 0 radical (unpaired) electrons. The summed E-state index contributed by atoms with van der Waals surface area (Å²) in [6.07, 6.45) is 7.68. The fraction of sp³-hybridized carbons (Fsp3) is 0.688. The Labute approximate surface area is 126 Å². The van der Waals surface area contributed by atoms with Gasteiger partial charge < -0.3 is 5.32 Å². The molecule has 2 fully saturated rings. The zero-order chi connectivity index (χ0) is 14.9. The third kappa shape index (κ3) is 3.40. The van der Waals surface area contributed by atoms with Gasteiger partial charge in [0.2, 0.25) is 5.91 Å². The van der Waals surface area contributed by atoms with Crippen LogP contribution in [0.4, 0.5) is 0 Å². The summed E-state index contributed by atoms with van der Waals surface area (Å²) in [6.45, 7) is 7.11. The van der Waals surface area contributed by atoms with Crippen LogP contribution in [-0.4, -0.2) is 40.4 Å². The first-order chi connectivity index (χ1) is 9.99. The minimum absolute atomic E-state index is 0.0969. The summed E-state index contributed by atoms with van der Waals surface area (Å²) >= 11 is 0. The van der Waals surface area contributed by atoms with Gasteiger partial charge in [-0.05, 0) is 50.3 Å². The van der Waals surface area contributed by atoms with Gasteiger partial charge in [0.25, 0.3) is 0 Å². The molecule has 1 aromatic heterocycles. The number of hydrogen-bond donors (Lipinski definition) is 1. The Hall–Kier alpha value is -1.49. The van der Waals surface area contributed by atoms with Gasteiger partial charge in [-0.15, -0.1) is 0 Å². The maximum atomic E-state index is 12.3. The molecule has 21 heavy (non-hydrogen) atoms. The molecular formula is C16H24N4O. The van der Waals surface area contributed by atoms with E-state index < -0.39 is 0 Å². The van der Waals surface area contributed by atoms with E-state index in [0.717, 1.165) is 44.6 Å². The van der Waals surface area contributed by atoms with E-state index in [9.17, 15) is 4.79 Å². The van der Waals surface area contributed by atoms with Crippen molar-refractivity contribution in [1.82, 2.24) is 20.2 Å². The smallest absolute Gasteiger partial charge is 0.234 e. The van der Waals surface area contributed by atoms with Gasteiger partial charge in [0.05, 0.1) is 12.1 Å². The van der Waals surface area contributed by atoms with Crippen LogP contribution in [0.15, 0.2) is 18.5 Å². The summed E-state index contributed by atoms with van der Waals surface area (Å²) in [6, 6.07) is 1.80. The Bertz CT molecular complexity index is 500. The second-order valence-corrected chi connectivity index (χ2v) is 7.14. The van der Waals surface area contributed by atoms with Gasteiger partial charge in [0.15, 0.2) is 5.82 Å². The van der Waals surface area contributed by atoms with E-state index in [2.05, 4.69) is 34.0 Å². The van der Waals surface area contributed by atoms with Crippen LogP contribution in [0.2, 0.25) is 0 Å². The van der Waals surface area contributed by atoms with Crippen LogP contribution in [0.3, 0.4) is 0 Å². The number of nitrogens with zero attached hydrogens (tertiary/aromatic N) is 3. The Morgan fingerprint density at radius 1 is 1.19 bits per heavy atom. The van der Waals surface area contributed by atoms with Gasteiger partial charge in [-0.25, -0.2) is 9.97 Å². The molecule has 1 aliphatic carbocycles. The van der Waals surface area contributed by atoms with Crippen molar-refractivity contribution in [3.63, 3.8) is 0 Å². The second-order valence-electron chi connectivity index (χ2n) is 7.14. The average Bonchev–Trinajstić information content (AvgIpc) is 3.23. The van der Waals surface area contributed by atoms with Crippen molar-refractivity contribution in [2.45, 2.75) is 45.1 Å². The number of nitrogens with one attached hydrogen (secondary N) is 1. The number of rotatable bonds is 4. The summed E-state index contributed by atoms with van der Waals surface area (Å²) in [4.78, 5) is 23.1. The number of hydrogen-bond acceptors (Lipinski definition) is 4. The fourth-order valence-electron chi connectivity index (χ4n) is 2.90. The van der Waals surface area contributed by atoms with Crippen molar-refractivity contribution < 1.29 is 4.79 Å². The Balaban J connectivity index is 1.53. The van der Waals surface area contributed by atoms with Crippen LogP contribution < -0.4 is 5.32 Å². The molecule has 5 nitrogen and oxygen atoms in total. The highest BCUT2D eigenvalue weighted by Crippen LogP contribution is 2.43. The fourth-order valence-corrected chi connectivity index (χ4v) is 2.90. The predicted octanol–water partition coefficient (Wildman–Crippen LogP) is 1.70. The van der Waals surface area contributed by atoms with Crippen LogP contribution >= 0.6 is 0 Å². The molecule has 1 aromatic rings. The first-order valence-corrected chi connectivity index (χ1v) is 7.80. The molecule has 3 rings (SSSR count). The molecule has 1 saturated carbocycles. The first kappa shape index (κ1) is 14.4. The molecule has 2 heterocycles. The van der Waals surface area contributed by atoms with Crippen molar-refractivity contribution in [3.05, 3.63) is 24.3 Å². The van der Waals surface area contributed by atoms with E-state index >= 15 is 0 Å². The summed E-state index contributed by atoms with van der Waals surface area (Å²) in [7, 11) is 0. The third-order valence-corrected chi connectivity index (χ3v) is 4.70. The van der Waals surface area contributed by atoms with Crippen LogP contribution in [-0.2, 0) is 10.3 Å². The summed E-state index contributed by atoms with van der Waals surface area (Å²) in [5, 5.41) is 3.15. The van der Waals surface area contributed by atoms with Crippen LogP contribution in [0.5, 0.6) is 0 Å². The van der Waals surface area contributed by atoms with Crippen molar-refractivity contribution >= 4 is 5.91 Å². The van der Waals surface area contributed by atoms with E-state index in [-0.39, 0.29) is 11.4 Å². The van der Waals surface area contributed by atoms with E-state index in [0.29, 0.717) is 12.0 Å². The topological polar surface area (TPSA) is 58.1 Å². The van der Waals surface area contributed by atoms with E-state index in [1.165, 1.54) is 0 Å². The van der Waals surface area contributed by atoms with Gasteiger partial charge in [-0.1, -0.05) is 13.8 Å². The van der Waals surface area contributed by atoms with Crippen molar-refractivity contribution in [2.75, 3.05) is 19.6 Å². The first-order valence-electron chi connectivity index (χ1n) is 7.80.